The highest BCUT2D eigenvalue weighted by atomic mass is 16.2. The van der Waals surface area contributed by atoms with E-state index < -0.39 is 0 Å². The molecule has 0 atom stereocenters. The SMILES string of the molecule is OCCCc1nc2ccccc2n1-c1ccc2[nH]ccc2c1. The van der Waals surface area contributed by atoms with Gasteiger partial charge in [0, 0.05) is 35.8 Å². The summed E-state index contributed by atoms with van der Waals surface area (Å²) >= 11 is 0. The van der Waals surface area contributed by atoms with Crippen LogP contribution in [0.1, 0.15) is 12.2 Å². The Morgan fingerprint density at radius 3 is 2.91 bits per heavy atom. The molecule has 0 bridgehead atoms. The number of imidazole rings is 1. The van der Waals surface area contributed by atoms with E-state index >= 15 is 0 Å². The maximum absolute atomic E-state index is 9.14. The lowest BCUT2D eigenvalue weighted by molar-refractivity contribution is 0.287. The highest BCUT2D eigenvalue weighted by Crippen LogP contribution is 2.25. The van der Waals surface area contributed by atoms with E-state index in [0.717, 1.165) is 40.9 Å². The van der Waals surface area contributed by atoms with Crippen LogP contribution in [0, 0.1) is 0 Å². The van der Waals surface area contributed by atoms with E-state index in [1.165, 1.54) is 5.39 Å². The van der Waals surface area contributed by atoms with E-state index in [1.54, 1.807) is 0 Å². The molecule has 0 aliphatic carbocycles. The Balaban J connectivity index is 1.94. The fraction of sp³-hybridized carbons (Fsp3) is 0.167. The van der Waals surface area contributed by atoms with E-state index in [1.807, 2.05) is 24.4 Å². The standard InChI is InChI=1S/C18H17N3O/c22-11-3-6-18-20-16-4-1-2-5-17(16)21(18)14-7-8-15-13(12-14)9-10-19-15/h1-2,4-5,7-10,12,19,22H,3,6,11H2. The minimum absolute atomic E-state index is 0.181. The third-order valence-corrected chi connectivity index (χ3v) is 3.98. The Morgan fingerprint density at radius 1 is 1.09 bits per heavy atom. The van der Waals surface area contributed by atoms with Gasteiger partial charge in [0.15, 0.2) is 0 Å². The van der Waals surface area contributed by atoms with Gasteiger partial charge in [-0.2, -0.15) is 0 Å². The summed E-state index contributed by atoms with van der Waals surface area (Å²) in [7, 11) is 0. The number of nitrogens with zero attached hydrogens (tertiary/aromatic N) is 2. The van der Waals surface area contributed by atoms with Gasteiger partial charge in [-0.1, -0.05) is 12.1 Å². The molecule has 110 valence electrons. The Bertz CT molecular complexity index is 936. The quantitative estimate of drug-likeness (QED) is 0.605. The van der Waals surface area contributed by atoms with Crippen molar-refractivity contribution in [2.45, 2.75) is 12.8 Å². The Labute approximate surface area is 128 Å². The molecule has 2 N–H and O–H groups in total. The summed E-state index contributed by atoms with van der Waals surface area (Å²) in [5.74, 6) is 0.991. The van der Waals surface area contributed by atoms with Crippen LogP contribution in [0.2, 0.25) is 0 Å². The Morgan fingerprint density at radius 2 is 2.00 bits per heavy atom. The molecule has 0 aliphatic rings. The molecule has 0 saturated carbocycles. The van der Waals surface area contributed by atoms with Crippen LogP contribution >= 0.6 is 0 Å². The minimum Gasteiger partial charge on any atom is -0.396 e. The maximum atomic E-state index is 9.14. The molecule has 4 nitrogen and oxygen atoms in total. The molecule has 0 radical (unpaired) electrons. The summed E-state index contributed by atoms with van der Waals surface area (Å²) in [6.45, 7) is 0.181. The van der Waals surface area contributed by atoms with Crippen molar-refractivity contribution in [3.05, 3.63) is 60.6 Å². The molecule has 4 aromatic rings. The van der Waals surface area contributed by atoms with Crippen molar-refractivity contribution in [3.63, 3.8) is 0 Å². The molecule has 22 heavy (non-hydrogen) atoms. The second kappa shape index (κ2) is 5.31. The van der Waals surface area contributed by atoms with E-state index in [-0.39, 0.29) is 6.61 Å². The zero-order valence-corrected chi connectivity index (χ0v) is 12.2. The summed E-state index contributed by atoms with van der Waals surface area (Å²) in [6.07, 6.45) is 3.43. The molecule has 0 saturated heterocycles. The second-order valence-corrected chi connectivity index (χ2v) is 5.43. The van der Waals surface area contributed by atoms with Gasteiger partial charge < -0.3 is 10.1 Å². The van der Waals surface area contributed by atoms with Crippen LogP contribution in [0.15, 0.2) is 54.7 Å². The minimum atomic E-state index is 0.181. The number of benzene rings is 2. The number of hydrogen-bond donors (Lipinski definition) is 2. The summed E-state index contributed by atoms with van der Waals surface area (Å²) in [5.41, 5.74) is 4.33. The summed E-state index contributed by atoms with van der Waals surface area (Å²) in [4.78, 5) is 7.96. The monoisotopic (exact) mass is 291 g/mol. The first-order valence-corrected chi connectivity index (χ1v) is 7.51. The molecule has 4 rings (SSSR count). The van der Waals surface area contributed by atoms with Crippen LogP contribution in [0.5, 0.6) is 0 Å². The van der Waals surface area contributed by atoms with Crippen LogP contribution in [0.3, 0.4) is 0 Å². The van der Waals surface area contributed by atoms with Crippen LogP contribution in [-0.2, 0) is 6.42 Å². The number of hydrogen-bond acceptors (Lipinski definition) is 2. The van der Waals surface area contributed by atoms with E-state index in [2.05, 4.69) is 39.9 Å². The molecule has 0 aliphatic heterocycles. The van der Waals surface area contributed by atoms with Crippen LogP contribution in [0.25, 0.3) is 27.6 Å². The van der Waals surface area contributed by atoms with Crippen molar-refractivity contribution >= 4 is 21.9 Å². The van der Waals surface area contributed by atoms with E-state index in [9.17, 15) is 0 Å². The molecule has 2 aromatic carbocycles. The van der Waals surface area contributed by atoms with Gasteiger partial charge in [0.1, 0.15) is 5.82 Å². The van der Waals surface area contributed by atoms with Gasteiger partial charge in [-0.25, -0.2) is 4.98 Å². The predicted octanol–water partition coefficient (Wildman–Crippen LogP) is 3.43. The third-order valence-electron chi connectivity index (χ3n) is 3.98. The highest BCUT2D eigenvalue weighted by Gasteiger charge is 2.12. The Hall–Kier alpha value is -2.59. The van der Waals surface area contributed by atoms with Crippen molar-refractivity contribution in [3.8, 4) is 5.69 Å². The van der Waals surface area contributed by atoms with Gasteiger partial charge in [-0.3, -0.25) is 4.57 Å². The first kappa shape index (κ1) is 13.1. The Kier molecular flexibility index (Phi) is 3.16. The molecule has 2 heterocycles. The van der Waals surface area contributed by atoms with Gasteiger partial charge in [0.05, 0.1) is 11.0 Å². The number of aryl methyl sites for hydroxylation is 1. The summed E-state index contributed by atoms with van der Waals surface area (Å²) in [5, 5.41) is 10.3. The molecular formula is C18H17N3O. The number of nitrogens with one attached hydrogen (secondary N) is 1. The zero-order chi connectivity index (χ0) is 14.9. The number of para-hydroxylation sites is 2. The topological polar surface area (TPSA) is 53.8 Å². The molecule has 0 unspecified atom stereocenters. The van der Waals surface area contributed by atoms with Crippen molar-refractivity contribution < 1.29 is 5.11 Å². The molecule has 0 spiro atoms. The lowest BCUT2D eigenvalue weighted by Crippen LogP contribution is -2.02. The first-order valence-electron chi connectivity index (χ1n) is 7.51. The van der Waals surface area contributed by atoms with Crippen molar-refractivity contribution in [1.82, 2.24) is 14.5 Å². The fourth-order valence-corrected chi connectivity index (χ4v) is 2.95. The van der Waals surface area contributed by atoms with E-state index in [0.29, 0.717) is 0 Å². The molecule has 4 heteroatoms. The van der Waals surface area contributed by atoms with E-state index in [4.69, 9.17) is 10.1 Å². The van der Waals surface area contributed by atoms with Crippen LogP contribution in [-0.4, -0.2) is 26.2 Å². The average Bonchev–Trinajstić information content (AvgIpc) is 3.15. The lowest BCUT2D eigenvalue weighted by atomic mass is 10.2. The first-order chi connectivity index (χ1) is 10.9. The molecule has 0 fully saturated rings. The third kappa shape index (κ3) is 2.09. The van der Waals surface area contributed by atoms with Crippen LogP contribution in [0.4, 0.5) is 0 Å². The summed E-state index contributed by atoms with van der Waals surface area (Å²) < 4.78 is 2.19. The molecular weight excluding hydrogens is 274 g/mol. The predicted molar refractivity (Wildman–Crippen MR) is 88.3 cm³/mol. The average molecular weight is 291 g/mol. The van der Waals surface area contributed by atoms with Gasteiger partial charge >= 0.3 is 0 Å². The van der Waals surface area contributed by atoms with Gasteiger partial charge in [0.25, 0.3) is 0 Å². The number of rotatable bonds is 4. The molecule has 2 aromatic heterocycles. The number of aromatic nitrogens is 3. The zero-order valence-electron chi connectivity index (χ0n) is 12.2. The lowest BCUT2D eigenvalue weighted by Gasteiger charge is -2.09. The number of aliphatic hydroxyl groups is 1. The number of H-pyrrole nitrogens is 1. The second-order valence-electron chi connectivity index (χ2n) is 5.43. The van der Waals surface area contributed by atoms with Crippen molar-refractivity contribution in [1.29, 1.82) is 0 Å². The van der Waals surface area contributed by atoms with Crippen molar-refractivity contribution in [2.75, 3.05) is 6.61 Å². The maximum Gasteiger partial charge on any atom is 0.114 e. The summed E-state index contributed by atoms with van der Waals surface area (Å²) in [6, 6.07) is 16.6. The largest absolute Gasteiger partial charge is 0.396 e. The van der Waals surface area contributed by atoms with Crippen LogP contribution < -0.4 is 0 Å². The molecule has 0 amide bonds. The normalized spacial score (nSPS) is 11.5. The number of aromatic amines is 1. The smallest absolute Gasteiger partial charge is 0.114 e. The highest BCUT2D eigenvalue weighted by molar-refractivity contribution is 5.84. The number of fused-ring (bicyclic) bond motifs is 2. The van der Waals surface area contributed by atoms with Gasteiger partial charge in [0.2, 0.25) is 0 Å². The van der Waals surface area contributed by atoms with Crippen molar-refractivity contribution in [2.24, 2.45) is 0 Å². The van der Waals surface area contributed by atoms with Gasteiger partial charge in [-0.15, -0.1) is 0 Å². The van der Waals surface area contributed by atoms with Gasteiger partial charge in [-0.05, 0) is 42.8 Å². The fourth-order valence-electron chi connectivity index (χ4n) is 2.95. The number of aliphatic hydroxyl groups excluding tert-OH is 1.